The second-order valence-electron chi connectivity index (χ2n) is 7.38. The predicted octanol–water partition coefficient (Wildman–Crippen LogP) is 3.20. The summed E-state index contributed by atoms with van der Waals surface area (Å²) >= 11 is 3.39. The van der Waals surface area contributed by atoms with Crippen LogP contribution in [-0.4, -0.2) is 44.2 Å². The monoisotopic (exact) mass is 466 g/mol. The zero-order chi connectivity index (χ0) is 21.0. The molecule has 1 aromatic carbocycles. The van der Waals surface area contributed by atoms with Crippen LogP contribution in [0, 0.1) is 0 Å². The highest BCUT2D eigenvalue weighted by atomic mass is 79.9. The number of fused-ring (bicyclic) bond motifs is 4. The molecule has 0 bridgehead atoms. The SMILES string of the molecule is CN(C(=O)c1ccc2nc(N)c3cnn(C)c3c2c1)[C@@H]1COCc2nc(Br)ccc21. The number of hydrogen-bond acceptors (Lipinski definition) is 6. The van der Waals surface area contributed by atoms with Crippen LogP contribution in [0.4, 0.5) is 5.82 Å². The minimum atomic E-state index is -0.209. The van der Waals surface area contributed by atoms with Gasteiger partial charge in [-0.3, -0.25) is 9.48 Å². The number of carbonyl (C=O) groups is 1. The molecule has 3 aromatic heterocycles. The van der Waals surface area contributed by atoms with Crippen LogP contribution in [-0.2, 0) is 18.4 Å². The van der Waals surface area contributed by atoms with E-state index in [1.54, 1.807) is 28.9 Å². The fourth-order valence-electron chi connectivity index (χ4n) is 4.02. The van der Waals surface area contributed by atoms with Crippen LogP contribution in [0.5, 0.6) is 0 Å². The van der Waals surface area contributed by atoms with E-state index < -0.39 is 0 Å². The summed E-state index contributed by atoms with van der Waals surface area (Å²) in [4.78, 5) is 24.0. The van der Waals surface area contributed by atoms with Gasteiger partial charge in [-0.25, -0.2) is 9.97 Å². The fourth-order valence-corrected chi connectivity index (χ4v) is 4.36. The van der Waals surface area contributed by atoms with Crippen molar-refractivity contribution < 1.29 is 9.53 Å². The Morgan fingerprint density at radius 3 is 2.93 bits per heavy atom. The first-order valence-corrected chi connectivity index (χ1v) is 10.2. The first-order valence-electron chi connectivity index (χ1n) is 9.45. The maximum atomic E-state index is 13.4. The molecule has 9 heteroatoms. The van der Waals surface area contributed by atoms with Gasteiger partial charge in [0.15, 0.2) is 0 Å². The molecule has 0 saturated carbocycles. The molecule has 1 amide bonds. The van der Waals surface area contributed by atoms with E-state index >= 15 is 0 Å². The highest BCUT2D eigenvalue weighted by molar-refractivity contribution is 9.10. The molecule has 8 nitrogen and oxygen atoms in total. The Bertz CT molecular complexity index is 1320. The molecule has 0 radical (unpaired) electrons. The molecule has 0 saturated heterocycles. The Morgan fingerprint density at radius 1 is 1.27 bits per heavy atom. The number of aromatic nitrogens is 4. The minimum Gasteiger partial charge on any atom is -0.383 e. The third-order valence-electron chi connectivity index (χ3n) is 5.59. The van der Waals surface area contributed by atoms with E-state index in [1.807, 2.05) is 31.3 Å². The molecule has 5 rings (SSSR count). The number of aryl methyl sites for hydroxylation is 1. The van der Waals surface area contributed by atoms with Crippen LogP contribution >= 0.6 is 15.9 Å². The number of nitrogen functional groups attached to an aromatic ring is 1. The lowest BCUT2D eigenvalue weighted by atomic mass is 10.0. The summed E-state index contributed by atoms with van der Waals surface area (Å²) in [6.07, 6.45) is 1.69. The molecule has 4 heterocycles. The summed E-state index contributed by atoms with van der Waals surface area (Å²) in [7, 11) is 3.64. The van der Waals surface area contributed by atoms with E-state index in [-0.39, 0.29) is 11.9 Å². The van der Waals surface area contributed by atoms with E-state index in [0.29, 0.717) is 24.6 Å². The van der Waals surface area contributed by atoms with Crippen LogP contribution in [0.1, 0.15) is 27.7 Å². The van der Waals surface area contributed by atoms with Gasteiger partial charge in [0.25, 0.3) is 5.91 Å². The van der Waals surface area contributed by atoms with Gasteiger partial charge in [0.2, 0.25) is 0 Å². The van der Waals surface area contributed by atoms with Crippen LogP contribution in [0.3, 0.4) is 0 Å². The zero-order valence-corrected chi connectivity index (χ0v) is 18.0. The van der Waals surface area contributed by atoms with Gasteiger partial charge < -0.3 is 15.4 Å². The maximum Gasteiger partial charge on any atom is 0.254 e. The largest absolute Gasteiger partial charge is 0.383 e. The average molecular weight is 467 g/mol. The van der Waals surface area contributed by atoms with Gasteiger partial charge in [0.05, 0.1) is 47.6 Å². The number of likely N-dealkylation sites (N-methyl/N-ethyl adjacent to an activating group) is 1. The topological polar surface area (TPSA) is 99.2 Å². The van der Waals surface area contributed by atoms with E-state index in [0.717, 1.165) is 37.7 Å². The van der Waals surface area contributed by atoms with Gasteiger partial charge in [0.1, 0.15) is 10.4 Å². The van der Waals surface area contributed by atoms with Crippen molar-refractivity contribution in [3.8, 4) is 0 Å². The Balaban J connectivity index is 1.56. The van der Waals surface area contributed by atoms with Crippen molar-refractivity contribution in [3.05, 3.63) is 58.0 Å². The summed E-state index contributed by atoms with van der Waals surface area (Å²) in [5, 5.41) is 5.91. The van der Waals surface area contributed by atoms with Gasteiger partial charge in [-0.2, -0.15) is 5.10 Å². The second kappa shape index (κ2) is 7.03. The molecule has 0 fully saturated rings. The fraction of sp³-hybridized carbons (Fsp3) is 0.238. The van der Waals surface area contributed by atoms with Gasteiger partial charge >= 0.3 is 0 Å². The normalized spacial score (nSPS) is 16.0. The van der Waals surface area contributed by atoms with Gasteiger partial charge in [-0.1, -0.05) is 6.07 Å². The number of hydrogen-bond donors (Lipinski definition) is 1. The number of benzene rings is 1. The van der Waals surface area contributed by atoms with Gasteiger partial charge in [0, 0.05) is 30.6 Å². The standard InChI is InChI=1S/C21H19BrN6O2/c1-27(17-10-30-9-16-12(17)4-6-18(22)25-16)21(29)11-3-5-15-13(7-11)19-14(20(23)26-15)8-24-28(19)2/h3-8,17H,9-10H2,1-2H3,(H2,23,26)/t17-/m1/s1. The summed E-state index contributed by atoms with van der Waals surface area (Å²) in [6.45, 7) is 0.866. The number of anilines is 1. The van der Waals surface area contributed by atoms with Gasteiger partial charge in [-0.05, 0) is 40.2 Å². The van der Waals surface area contributed by atoms with Crippen LogP contribution < -0.4 is 5.73 Å². The number of rotatable bonds is 2. The van der Waals surface area contributed by atoms with Crippen molar-refractivity contribution in [3.63, 3.8) is 0 Å². The Hall–Kier alpha value is -3.04. The molecule has 1 aliphatic rings. The Morgan fingerprint density at radius 2 is 2.10 bits per heavy atom. The quantitative estimate of drug-likeness (QED) is 0.455. The van der Waals surface area contributed by atoms with Crippen LogP contribution in [0.15, 0.2) is 41.1 Å². The third kappa shape index (κ3) is 2.93. The number of ether oxygens (including phenoxy) is 1. The van der Waals surface area contributed by atoms with Crippen molar-refractivity contribution >= 4 is 49.5 Å². The molecule has 0 spiro atoms. The molecule has 2 N–H and O–H groups in total. The third-order valence-corrected chi connectivity index (χ3v) is 6.03. The molecular formula is C21H19BrN6O2. The van der Waals surface area contributed by atoms with Crippen molar-refractivity contribution in [2.75, 3.05) is 19.4 Å². The van der Waals surface area contributed by atoms with E-state index in [1.165, 1.54) is 0 Å². The number of nitrogens with two attached hydrogens (primary N) is 1. The van der Waals surface area contributed by atoms with Crippen molar-refractivity contribution in [1.82, 2.24) is 24.6 Å². The van der Waals surface area contributed by atoms with E-state index in [9.17, 15) is 4.79 Å². The first kappa shape index (κ1) is 19.0. The van der Waals surface area contributed by atoms with Crippen molar-refractivity contribution in [1.29, 1.82) is 0 Å². The van der Waals surface area contributed by atoms with Gasteiger partial charge in [-0.15, -0.1) is 0 Å². The Labute approximate surface area is 180 Å². The first-order chi connectivity index (χ1) is 14.4. The number of amides is 1. The molecule has 0 aliphatic carbocycles. The Kier molecular flexibility index (Phi) is 4.44. The molecule has 1 aliphatic heterocycles. The van der Waals surface area contributed by atoms with Crippen LogP contribution in [0.2, 0.25) is 0 Å². The number of halogens is 1. The number of nitrogens with zero attached hydrogens (tertiary/aromatic N) is 5. The smallest absolute Gasteiger partial charge is 0.254 e. The molecule has 152 valence electrons. The molecule has 0 unspecified atom stereocenters. The highest BCUT2D eigenvalue weighted by Crippen LogP contribution is 2.32. The minimum absolute atomic E-state index is 0.103. The van der Waals surface area contributed by atoms with Crippen molar-refractivity contribution in [2.45, 2.75) is 12.6 Å². The molecular weight excluding hydrogens is 448 g/mol. The lowest BCUT2D eigenvalue weighted by molar-refractivity contribution is 0.0329. The number of carbonyl (C=O) groups excluding carboxylic acids is 1. The van der Waals surface area contributed by atoms with E-state index in [4.69, 9.17) is 10.5 Å². The summed E-state index contributed by atoms with van der Waals surface area (Å²) in [5.41, 5.74) is 10.1. The van der Waals surface area contributed by atoms with Crippen LogP contribution in [0.25, 0.3) is 21.8 Å². The average Bonchev–Trinajstić information content (AvgIpc) is 3.14. The zero-order valence-electron chi connectivity index (χ0n) is 16.5. The maximum absolute atomic E-state index is 13.4. The predicted molar refractivity (Wildman–Crippen MR) is 117 cm³/mol. The summed E-state index contributed by atoms with van der Waals surface area (Å²) in [5.74, 6) is 0.324. The lowest BCUT2D eigenvalue weighted by Gasteiger charge is -2.32. The lowest BCUT2D eigenvalue weighted by Crippen LogP contribution is -2.36. The number of pyridine rings is 2. The highest BCUT2D eigenvalue weighted by Gasteiger charge is 2.29. The summed E-state index contributed by atoms with van der Waals surface area (Å²) < 4.78 is 8.21. The second-order valence-corrected chi connectivity index (χ2v) is 8.19. The molecule has 4 aromatic rings. The summed E-state index contributed by atoms with van der Waals surface area (Å²) in [6, 6.07) is 9.13. The van der Waals surface area contributed by atoms with Crippen molar-refractivity contribution in [2.24, 2.45) is 7.05 Å². The molecule has 30 heavy (non-hydrogen) atoms. The van der Waals surface area contributed by atoms with E-state index in [2.05, 4.69) is 31.0 Å². The molecule has 1 atom stereocenters.